The molecule has 5 nitrogen and oxygen atoms in total. The SMILES string of the molecule is COc1ccc(N2C(=O)C[C@H]([C@H]3CCCO3)C2=O)cc1. The molecule has 3 rings (SSSR count). The number of nitrogens with zero attached hydrogens (tertiary/aromatic N) is 1. The van der Waals surface area contributed by atoms with Crippen molar-refractivity contribution in [3.05, 3.63) is 24.3 Å². The molecular weight excluding hydrogens is 258 g/mol. The standard InChI is InChI=1S/C15H17NO4/c1-19-11-6-4-10(5-7-11)16-14(17)9-12(15(16)18)13-3-2-8-20-13/h4-7,12-13H,2-3,8-9H2,1H3/t12-,13-/m1/s1. The van der Waals surface area contributed by atoms with Gasteiger partial charge in [0.05, 0.1) is 24.8 Å². The highest BCUT2D eigenvalue weighted by molar-refractivity contribution is 6.21. The summed E-state index contributed by atoms with van der Waals surface area (Å²) in [6, 6.07) is 6.95. The maximum absolute atomic E-state index is 12.5. The lowest BCUT2D eigenvalue weighted by Crippen LogP contribution is -2.33. The van der Waals surface area contributed by atoms with Crippen molar-refractivity contribution in [2.24, 2.45) is 5.92 Å². The van der Waals surface area contributed by atoms with Gasteiger partial charge < -0.3 is 9.47 Å². The van der Waals surface area contributed by atoms with Crippen LogP contribution in [0.5, 0.6) is 5.75 Å². The van der Waals surface area contributed by atoms with E-state index in [1.165, 1.54) is 4.90 Å². The minimum Gasteiger partial charge on any atom is -0.497 e. The summed E-state index contributed by atoms with van der Waals surface area (Å²) in [5.74, 6) is 0.0726. The summed E-state index contributed by atoms with van der Waals surface area (Å²) in [6.45, 7) is 0.686. The van der Waals surface area contributed by atoms with Crippen LogP contribution in [0.1, 0.15) is 19.3 Å². The van der Waals surface area contributed by atoms with Crippen LogP contribution in [0.2, 0.25) is 0 Å². The fourth-order valence-electron chi connectivity index (χ4n) is 2.87. The van der Waals surface area contributed by atoms with Crippen molar-refractivity contribution in [2.75, 3.05) is 18.6 Å². The molecule has 0 aromatic heterocycles. The number of rotatable bonds is 3. The van der Waals surface area contributed by atoms with Gasteiger partial charge in [-0.05, 0) is 37.1 Å². The Morgan fingerprint density at radius 2 is 2.00 bits per heavy atom. The molecule has 2 fully saturated rings. The number of methoxy groups -OCH3 is 1. The maximum atomic E-state index is 12.5. The Bertz CT molecular complexity index is 519. The third-order valence-corrected chi connectivity index (χ3v) is 3.93. The van der Waals surface area contributed by atoms with Gasteiger partial charge in [-0.3, -0.25) is 14.5 Å². The molecule has 0 saturated carbocycles. The summed E-state index contributed by atoms with van der Waals surface area (Å²) in [5.41, 5.74) is 0.598. The van der Waals surface area contributed by atoms with Crippen molar-refractivity contribution in [1.29, 1.82) is 0 Å². The van der Waals surface area contributed by atoms with Gasteiger partial charge in [-0.25, -0.2) is 0 Å². The molecule has 5 heteroatoms. The van der Waals surface area contributed by atoms with Crippen LogP contribution in [-0.2, 0) is 14.3 Å². The van der Waals surface area contributed by atoms with Crippen molar-refractivity contribution in [3.63, 3.8) is 0 Å². The lowest BCUT2D eigenvalue weighted by molar-refractivity contribution is -0.124. The van der Waals surface area contributed by atoms with Gasteiger partial charge in [-0.1, -0.05) is 0 Å². The second-order valence-corrected chi connectivity index (χ2v) is 5.13. The van der Waals surface area contributed by atoms with E-state index in [2.05, 4.69) is 0 Å². The van der Waals surface area contributed by atoms with Gasteiger partial charge >= 0.3 is 0 Å². The van der Waals surface area contributed by atoms with Crippen molar-refractivity contribution in [2.45, 2.75) is 25.4 Å². The van der Waals surface area contributed by atoms with E-state index in [0.29, 0.717) is 18.0 Å². The number of carbonyl (C=O) groups is 2. The zero-order valence-electron chi connectivity index (χ0n) is 11.4. The molecule has 2 heterocycles. The molecule has 2 aliphatic rings. The molecule has 1 aromatic rings. The summed E-state index contributed by atoms with van der Waals surface area (Å²) in [6.07, 6.45) is 1.97. The second-order valence-electron chi connectivity index (χ2n) is 5.13. The van der Waals surface area contributed by atoms with E-state index in [0.717, 1.165) is 12.8 Å². The maximum Gasteiger partial charge on any atom is 0.240 e. The topological polar surface area (TPSA) is 55.8 Å². The number of hydrogen-bond donors (Lipinski definition) is 0. The lowest BCUT2D eigenvalue weighted by atomic mass is 9.98. The van der Waals surface area contributed by atoms with Crippen molar-refractivity contribution >= 4 is 17.5 Å². The molecule has 20 heavy (non-hydrogen) atoms. The van der Waals surface area contributed by atoms with Crippen LogP contribution in [-0.4, -0.2) is 31.6 Å². The molecule has 2 atom stereocenters. The van der Waals surface area contributed by atoms with Crippen LogP contribution in [0.25, 0.3) is 0 Å². The lowest BCUT2D eigenvalue weighted by Gasteiger charge is -2.18. The van der Waals surface area contributed by atoms with E-state index in [4.69, 9.17) is 9.47 Å². The van der Waals surface area contributed by atoms with E-state index in [-0.39, 0.29) is 30.3 Å². The quantitative estimate of drug-likeness (QED) is 0.789. The first-order valence-electron chi connectivity index (χ1n) is 6.83. The summed E-state index contributed by atoms with van der Waals surface area (Å²) in [7, 11) is 1.58. The Kier molecular flexibility index (Phi) is 3.44. The van der Waals surface area contributed by atoms with E-state index in [1.807, 2.05) is 0 Å². The molecular formula is C15H17NO4. The van der Waals surface area contributed by atoms with Crippen LogP contribution < -0.4 is 9.64 Å². The van der Waals surface area contributed by atoms with Gasteiger partial charge in [-0.2, -0.15) is 0 Å². The van der Waals surface area contributed by atoms with Gasteiger partial charge in [-0.15, -0.1) is 0 Å². The van der Waals surface area contributed by atoms with Crippen LogP contribution >= 0.6 is 0 Å². The molecule has 2 aliphatic heterocycles. The zero-order valence-corrected chi connectivity index (χ0v) is 11.4. The number of benzene rings is 1. The molecule has 1 aromatic carbocycles. The van der Waals surface area contributed by atoms with Crippen LogP contribution in [0.15, 0.2) is 24.3 Å². The van der Waals surface area contributed by atoms with Gasteiger partial charge in [0.15, 0.2) is 0 Å². The number of carbonyl (C=O) groups excluding carboxylic acids is 2. The monoisotopic (exact) mass is 275 g/mol. The van der Waals surface area contributed by atoms with E-state index in [1.54, 1.807) is 31.4 Å². The molecule has 2 amide bonds. The molecule has 0 spiro atoms. The van der Waals surface area contributed by atoms with Gasteiger partial charge in [0, 0.05) is 13.0 Å². The molecule has 106 valence electrons. The van der Waals surface area contributed by atoms with Crippen LogP contribution in [0.4, 0.5) is 5.69 Å². The number of ether oxygens (including phenoxy) is 2. The van der Waals surface area contributed by atoms with E-state index >= 15 is 0 Å². The Balaban J connectivity index is 1.82. The smallest absolute Gasteiger partial charge is 0.240 e. The average Bonchev–Trinajstić information content (AvgIpc) is 3.07. The molecule has 0 bridgehead atoms. The Morgan fingerprint density at radius 3 is 2.60 bits per heavy atom. The van der Waals surface area contributed by atoms with Crippen molar-refractivity contribution < 1.29 is 19.1 Å². The summed E-state index contributed by atoms with van der Waals surface area (Å²) in [5, 5.41) is 0. The predicted molar refractivity (Wildman–Crippen MR) is 72.6 cm³/mol. The number of hydrogen-bond acceptors (Lipinski definition) is 4. The second kappa shape index (κ2) is 5.25. The van der Waals surface area contributed by atoms with E-state index in [9.17, 15) is 9.59 Å². The fourth-order valence-corrected chi connectivity index (χ4v) is 2.87. The van der Waals surface area contributed by atoms with Crippen molar-refractivity contribution in [3.8, 4) is 5.75 Å². The van der Waals surface area contributed by atoms with Gasteiger partial charge in [0.2, 0.25) is 11.8 Å². The highest BCUT2D eigenvalue weighted by atomic mass is 16.5. The zero-order chi connectivity index (χ0) is 14.1. The highest BCUT2D eigenvalue weighted by Crippen LogP contribution is 2.33. The minimum atomic E-state index is -0.327. The largest absolute Gasteiger partial charge is 0.497 e. The minimum absolute atomic E-state index is 0.102. The molecule has 0 N–H and O–H groups in total. The molecule has 0 unspecified atom stereocenters. The normalized spacial score (nSPS) is 26.4. The summed E-state index contributed by atoms with van der Waals surface area (Å²) in [4.78, 5) is 25.8. The first kappa shape index (κ1) is 13.1. The third-order valence-electron chi connectivity index (χ3n) is 3.93. The Morgan fingerprint density at radius 1 is 1.25 bits per heavy atom. The van der Waals surface area contributed by atoms with E-state index < -0.39 is 0 Å². The fraction of sp³-hybridized carbons (Fsp3) is 0.467. The first-order chi connectivity index (χ1) is 9.70. The Labute approximate surface area is 117 Å². The molecule has 2 saturated heterocycles. The number of anilines is 1. The van der Waals surface area contributed by atoms with Crippen LogP contribution in [0.3, 0.4) is 0 Å². The number of imide groups is 1. The van der Waals surface area contributed by atoms with Crippen molar-refractivity contribution in [1.82, 2.24) is 0 Å². The average molecular weight is 275 g/mol. The predicted octanol–water partition coefficient (Wildman–Crippen LogP) is 1.75. The molecule has 0 aliphatic carbocycles. The summed E-state index contributed by atoms with van der Waals surface area (Å²) >= 11 is 0. The number of amides is 2. The third kappa shape index (κ3) is 2.18. The highest BCUT2D eigenvalue weighted by Gasteiger charge is 2.44. The first-order valence-corrected chi connectivity index (χ1v) is 6.83. The van der Waals surface area contributed by atoms with Crippen LogP contribution in [0, 0.1) is 5.92 Å². The Hall–Kier alpha value is -1.88. The molecule has 0 radical (unpaired) electrons. The summed E-state index contributed by atoms with van der Waals surface area (Å²) < 4.78 is 10.6. The van der Waals surface area contributed by atoms with Gasteiger partial charge in [0.1, 0.15) is 5.75 Å². The van der Waals surface area contributed by atoms with Gasteiger partial charge in [0.25, 0.3) is 0 Å².